The topological polar surface area (TPSA) is 161 Å². The number of hydrogen-bond acceptors (Lipinski definition) is 11. The fourth-order valence-electron chi connectivity index (χ4n) is 2.56. The van der Waals surface area contributed by atoms with E-state index in [1.54, 1.807) is 0 Å². The van der Waals surface area contributed by atoms with Gasteiger partial charge in [0.2, 0.25) is 11.6 Å². The van der Waals surface area contributed by atoms with Gasteiger partial charge in [0.25, 0.3) is 5.69 Å². The molecular weight excluding hydrogens is 412 g/mol. The summed E-state index contributed by atoms with van der Waals surface area (Å²) in [7, 11) is 0. The highest BCUT2D eigenvalue weighted by Crippen LogP contribution is 2.34. The number of nitro benzene ring substituents is 1. The first kappa shape index (κ1) is 18.9. The zero-order chi connectivity index (χ0) is 21.1. The van der Waals surface area contributed by atoms with E-state index in [1.165, 1.54) is 41.9 Å². The monoisotopic (exact) mass is 424 g/mol. The van der Waals surface area contributed by atoms with Crippen molar-refractivity contribution in [2.24, 2.45) is 0 Å². The van der Waals surface area contributed by atoms with Crippen LogP contribution in [0.15, 0.2) is 54.9 Å². The molecule has 2 heterocycles. The molecule has 0 fully saturated rings. The Labute approximate surface area is 171 Å². The lowest BCUT2D eigenvalue weighted by Gasteiger charge is -2.10. The lowest BCUT2D eigenvalue weighted by molar-refractivity contribution is -0.384. The molecule has 2 aromatic carbocycles. The van der Waals surface area contributed by atoms with Crippen molar-refractivity contribution in [3.63, 3.8) is 0 Å². The van der Waals surface area contributed by atoms with E-state index in [-0.39, 0.29) is 23.0 Å². The Hall–Kier alpha value is -4.39. The number of anilines is 4. The molecule has 4 aromatic rings. The standard InChI is InChI=1S/C17H12N8O4S/c26-24(27)11-7-5-10(6-8-11)22-23-16-14(25(28)29)15(18-9-19-16)21-17-20-12-3-1-2-4-13(12)30-17/h1-9,22H,(H2,18,19,20,21,23). The molecule has 0 atom stereocenters. The minimum absolute atomic E-state index is 0.0259. The number of hydrazine groups is 1. The van der Waals surface area contributed by atoms with Crippen LogP contribution in [0.2, 0.25) is 0 Å². The van der Waals surface area contributed by atoms with Gasteiger partial charge in [0.15, 0.2) is 5.13 Å². The second-order valence-corrected chi connectivity index (χ2v) is 6.87. The van der Waals surface area contributed by atoms with Gasteiger partial charge in [-0.05, 0) is 24.3 Å². The molecule has 0 spiro atoms. The molecule has 0 saturated carbocycles. The zero-order valence-electron chi connectivity index (χ0n) is 15.0. The Morgan fingerprint density at radius 3 is 2.30 bits per heavy atom. The summed E-state index contributed by atoms with van der Waals surface area (Å²) in [6.45, 7) is 0. The van der Waals surface area contributed by atoms with Crippen molar-refractivity contribution in [2.45, 2.75) is 0 Å². The van der Waals surface area contributed by atoms with Crippen LogP contribution in [0.3, 0.4) is 0 Å². The van der Waals surface area contributed by atoms with Crippen LogP contribution in [0, 0.1) is 20.2 Å². The normalized spacial score (nSPS) is 10.5. The van der Waals surface area contributed by atoms with Crippen LogP contribution >= 0.6 is 11.3 Å². The van der Waals surface area contributed by atoms with Crippen LogP contribution in [0.25, 0.3) is 10.2 Å². The molecule has 4 rings (SSSR count). The van der Waals surface area contributed by atoms with Gasteiger partial charge in [-0.1, -0.05) is 23.5 Å². The molecule has 0 saturated heterocycles. The van der Waals surface area contributed by atoms with Crippen molar-refractivity contribution in [3.8, 4) is 0 Å². The molecule has 0 unspecified atom stereocenters. The fraction of sp³-hybridized carbons (Fsp3) is 0. The van der Waals surface area contributed by atoms with E-state index < -0.39 is 9.85 Å². The van der Waals surface area contributed by atoms with Gasteiger partial charge in [0.1, 0.15) is 6.33 Å². The molecule has 30 heavy (non-hydrogen) atoms. The highest BCUT2D eigenvalue weighted by atomic mass is 32.1. The fourth-order valence-corrected chi connectivity index (χ4v) is 3.42. The molecule has 0 radical (unpaired) electrons. The van der Waals surface area contributed by atoms with Crippen molar-refractivity contribution >= 4 is 55.4 Å². The predicted molar refractivity (Wildman–Crippen MR) is 112 cm³/mol. The molecular formula is C17H12N8O4S. The van der Waals surface area contributed by atoms with Gasteiger partial charge >= 0.3 is 5.69 Å². The highest BCUT2D eigenvalue weighted by molar-refractivity contribution is 7.22. The van der Waals surface area contributed by atoms with Crippen molar-refractivity contribution in [2.75, 3.05) is 16.2 Å². The predicted octanol–water partition coefficient (Wildman–Crippen LogP) is 4.09. The third kappa shape index (κ3) is 3.90. The number of nitro groups is 2. The van der Waals surface area contributed by atoms with Crippen LogP contribution in [0.1, 0.15) is 0 Å². The average Bonchev–Trinajstić information content (AvgIpc) is 3.14. The number of benzene rings is 2. The van der Waals surface area contributed by atoms with Gasteiger partial charge in [-0.25, -0.2) is 15.0 Å². The van der Waals surface area contributed by atoms with Gasteiger partial charge in [0, 0.05) is 12.1 Å². The van der Waals surface area contributed by atoms with E-state index in [2.05, 4.69) is 31.1 Å². The molecule has 2 aromatic heterocycles. The Bertz CT molecular complexity index is 1210. The number of thiazole rings is 1. The highest BCUT2D eigenvalue weighted by Gasteiger charge is 2.24. The summed E-state index contributed by atoms with van der Waals surface area (Å²) in [5, 5.41) is 25.7. The summed E-state index contributed by atoms with van der Waals surface area (Å²) in [6, 6.07) is 13.0. The lowest BCUT2D eigenvalue weighted by atomic mass is 10.3. The summed E-state index contributed by atoms with van der Waals surface area (Å²) in [5.74, 6) is -0.112. The van der Waals surface area contributed by atoms with E-state index in [0.717, 1.165) is 10.2 Å². The third-order valence-corrected chi connectivity index (χ3v) is 4.88. The van der Waals surface area contributed by atoms with Gasteiger partial charge in [-0.3, -0.25) is 31.1 Å². The van der Waals surface area contributed by atoms with Crippen LogP contribution < -0.4 is 16.2 Å². The maximum atomic E-state index is 11.7. The van der Waals surface area contributed by atoms with Gasteiger partial charge in [-0.2, -0.15) is 0 Å². The van der Waals surface area contributed by atoms with Crippen LogP contribution in [-0.4, -0.2) is 24.8 Å². The molecule has 0 amide bonds. The number of aromatic nitrogens is 3. The second-order valence-electron chi connectivity index (χ2n) is 5.84. The van der Waals surface area contributed by atoms with E-state index >= 15 is 0 Å². The minimum atomic E-state index is -0.616. The second kappa shape index (κ2) is 7.92. The third-order valence-electron chi connectivity index (χ3n) is 3.93. The quantitative estimate of drug-likeness (QED) is 0.291. The number of para-hydroxylation sites is 1. The van der Waals surface area contributed by atoms with Crippen LogP contribution in [0.4, 0.5) is 33.8 Å². The summed E-state index contributed by atoms with van der Waals surface area (Å²) in [5.41, 5.74) is 6.13. The van der Waals surface area contributed by atoms with E-state index in [1.807, 2.05) is 24.3 Å². The first-order chi connectivity index (χ1) is 14.5. The SMILES string of the molecule is O=[N+]([O-])c1ccc(NNc2ncnc(Nc3nc4ccccc4s3)c2[N+](=O)[O-])cc1. The number of hydrogen-bond donors (Lipinski definition) is 3. The number of rotatable bonds is 7. The molecule has 3 N–H and O–H groups in total. The van der Waals surface area contributed by atoms with Gasteiger partial charge < -0.3 is 5.32 Å². The van der Waals surface area contributed by atoms with Crippen LogP contribution in [0.5, 0.6) is 0 Å². The molecule has 13 heteroatoms. The molecule has 0 bridgehead atoms. The van der Waals surface area contributed by atoms with Crippen molar-refractivity contribution in [1.82, 2.24) is 15.0 Å². The maximum Gasteiger partial charge on any atom is 0.355 e. The summed E-state index contributed by atoms with van der Waals surface area (Å²) >= 11 is 1.34. The number of fused-ring (bicyclic) bond motifs is 1. The Balaban J connectivity index is 1.57. The first-order valence-corrected chi connectivity index (χ1v) is 9.21. The summed E-state index contributed by atoms with van der Waals surface area (Å²) in [6.07, 6.45) is 1.17. The largest absolute Gasteiger partial charge is 0.355 e. The number of non-ortho nitro benzene ring substituents is 1. The van der Waals surface area contributed by atoms with Crippen LogP contribution in [-0.2, 0) is 0 Å². The molecule has 150 valence electrons. The van der Waals surface area contributed by atoms with Crippen molar-refractivity contribution in [3.05, 3.63) is 75.1 Å². The molecule has 0 aliphatic rings. The molecule has 12 nitrogen and oxygen atoms in total. The zero-order valence-corrected chi connectivity index (χ0v) is 15.8. The summed E-state index contributed by atoms with van der Waals surface area (Å²) in [4.78, 5) is 33.5. The Morgan fingerprint density at radius 1 is 0.867 bits per heavy atom. The lowest BCUT2D eigenvalue weighted by Crippen LogP contribution is -2.13. The van der Waals surface area contributed by atoms with Gasteiger partial charge in [0.05, 0.1) is 25.8 Å². The minimum Gasteiger partial charge on any atom is -0.310 e. The maximum absolute atomic E-state index is 11.7. The van der Waals surface area contributed by atoms with E-state index in [0.29, 0.717) is 10.8 Å². The van der Waals surface area contributed by atoms with E-state index in [9.17, 15) is 20.2 Å². The number of nitrogens with one attached hydrogen (secondary N) is 3. The molecule has 0 aliphatic carbocycles. The van der Waals surface area contributed by atoms with Gasteiger partial charge in [-0.15, -0.1) is 0 Å². The Morgan fingerprint density at radius 2 is 1.60 bits per heavy atom. The van der Waals surface area contributed by atoms with Crippen molar-refractivity contribution < 1.29 is 9.85 Å². The van der Waals surface area contributed by atoms with Crippen molar-refractivity contribution in [1.29, 1.82) is 0 Å². The summed E-state index contributed by atoms with van der Waals surface area (Å²) < 4.78 is 0.926. The number of nitrogens with zero attached hydrogens (tertiary/aromatic N) is 5. The van der Waals surface area contributed by atoms with E-state index in [4.69, 9.17) is 0 Å². The smallest absolute Gasteiger partial charge is 0.310 e. The Kier molecular flexibility index (Phi) is 5.00. The first-order valence-electron chi connectivity index (χ1n) is 8.40. The average molecular weight is 424 g/mol. The molecule has 0 aliphatic heterocycles.